The summed E-state index contributed by atoms with van der Waals surface area (Å²) >= 11 is 2.89. The molecule has 2 heterocycles. The monoisotopic (exact) mass is 480 g/mol. The molecule has 170 valence electrons. The number of fused-ring (bicyclic) bond motifs is 1. The van der Waals surface area contributed by atoms with Crippen molar-refractivity contribution in [3.63, 3.8) is 0 Å². The van der Waals surface area contributed by atoms with Crippen LogP contribution in [0.5, 0.6) is 0 Å². The number of nitrogens with one attached hydrogen (secondary N) is 1. The van der Waals surface area contributed by atoms with E-state index in [0.29, 0.717) is 5.52 Å². The van der Waals surface area contributed by atoms with Gasteiger partial charge in [-0.1, -0.05) is 6.07 Å². The maximum absolute atomic E-state index is 13.4. The Bertz CT molecular complexity index is 1120. The van der Waals surface area contributed by atoms with E-state index in [-0.39, 0.29) is 17.0 Å². The Morgan fingerprint density at radius 1 is 1.09 bits per heavy atom. The third kappa shape index (κ3) is 5.07. The van der Waals surface area contributed by atoms with Crippen molar-refractivity contribution >= 4 is 40.8 Å². The number of hydrogen-bond acceptors (Lipinski definition) is 5. The molecule has 1 aliphatic heterocycles. The van der Waals surface area contributed by atoms with Crippen LogP contribution in [0.15, 0.2) is 52.3 Å². The molecule has 1 aromatic heterocycles. The van der Waals surface area contributed by atoms with E-state index in [1.807, 2.05) is 24.3 Å². The lowest BCUT2D eigenvalue weighted by Crippen LogP contribution is -2.16. The highest BCUT2D eigenvalue weighted by Gasteiger charge is 2.38. The second-order valence-electron chi connectivity index (χ2n) is 7.84. The summed E-state index contributed by atoms with van der Waals surface area (Å²) in [4.78, 5) is 18.4. The average molecular weight is 481 g/mol. The summed E-state index contributed by atoms with van der Waals surface area (Å²) < 4.78 is 46.5. The number of aromatic nitrogens is 2. The highest BCUT2D eigenvalue weighted by atomic mass is 32.2. The lowest BCUT2D eigenvalue weighted by molar-refractivity contribution is -0.147. The van der Waals surface area contributed by atoms with Crippen molar-refractivity contribution in [3.05, 3.63) is 53.9 Å². The van der Waals surface area contributed by atoms with Gasteiger partial charge in [0.05, 0.1) is 11.0 Å². The van der Waals surface area contributed by atoms with E-state index < -0.39 is 18.0 Å². The molecule has 1 fully saturated rings. The molecule has 0 aliphatic carbocycles. The number of amides is 1. The van der Waals surface area contributed by atoms with Crippen LogP contribution in [0.3, 0.4) is 0 Å². The molecule has 0 atom stereocenters. The van der Waals surface area contributed by atoms with Crippen LogP contribution in [0.1, 0.15) is 48.9 Å². The summed E-state index contributed by atoms with van der Waals surface area (Å²) in [5.74, 6) is -1.34. The molecule has 1 aliphatic rings. The van der Waals surface area contributed by atoms with Crippen LogP contribution in [0.25, 0.3) is 11.0 Å². The van der Waals surface area contributed by atoms with Gasteiger partial charge in [0.2, 0.25) is 5.82 Å². The van der Waals surface area contributed by atoms with Crippen molar-refractivity contribution in [1.29, 1.82) is 0 Å². The van der Waals surface area contributed by atoms with Crippen molar-refractivity contribution in [2.75, 3.05) is 13.1 Å². The molecule has 1 N–H and O–H groups in total. The normalized spacial score (nSPS) is 15.1. The molecule has 0 saturated carbocycles. The molecule has 2 aromatic carbocycles. The second-order valence-corrected chi connectivity index (χ2v) is 9.89. The molecule has 1 amide bonds. The zero-order chi connectivity index (χ0) is 22.9. The molecule has 5 nitrogen and oxygen atoms in total. The van der Waals surface area contributed by atoms with Gasteiger partial charge in [0.15, 0.2) is 0 Å². The third-order valence-electron chi connectivity index (χ3n) is 5.09. The molecular formula is C22H23F3N4OS2. The lowest BCUT2D eigenvalue weighted by atomic mass is 10.2. The van der Waals surface area contributed by atoms with Crippen LogP contribution in [0.2, 0.25) is 0 Å². The molecular weight excluding hydrogens is 457 g/mol. The van der Waals surface area contributed by atoms with E-state index in [2.05, 4.69) is 14.0 Å². The Balaban J connectivity index is 1.48. The summed E-state index contributed by atoms with van der Waals surface area (Å²) in [5.41, 5.74) is 0.755. The molecule has 1 saturated heterocycles. The Labute approximate surface area is 193 Å². The lowest BCUT2D eigenvalue weighted by Gasteiger charge is -2.14. The topological polar surface area (TPSA) is 50.2 Å². The smallest absolute Gasteiger partial charge is 0.318 e. The number of nitrogens with zero attached hydrogens (tertiary/aromatic N) is 3. The minimum Gasteiger partial charge on any atom is -0.318 e. The summed E-state index contributed by atoms with van der Waals surface area (Å²) in [7, 11) is 0. The first-order chi connectivity index (χ1) is 15.2. The Hall–Kier alpha value is -2.17. The van der Waals surface area contributed by atoms with Gasteiger partial charge in [-0.25, -0.2) is 9.29 Å². The molecule has 10 heteroatoms. The van der Waals surface area contributed by atoms with E-state index in [4.69, 9.17) is 0 Å². The molecule has 32 heavy (non-hydrogen) atoms. The zero-order valence-electron chi connectivity index (χ0n) is 17.6. The zero-order valence-corrected chi connectivity index (χ0v) is 19.3. The van der Waals surface area contributed by atoms with Crippen LogP contribution in [0, 0.1) is 0 Å². The number of halogens is 3. The fraction of sp³-hybridized carbons (Fsp3) is 0.364. The van der Waals surface area contributed by atoms with E-state index in [9.17, 15) is 18.0 Å². The number of alkyl halides is 3. The summed E-state index contributed by atoms with van der Waals surface area (Å²) in [6, 6.07) is 11.9. The van der Waals surface area contributed by atoms with Gasteiger partial charge in [0.1, 0.15) is 0 Å². The SMILES string of the molecule is CC(C)n1c(C(F)(F)F)nc2cc(C(=O)NSc3cccc(SN4CCCC4)c3)ccc21. The van der Waals surface area contributed by atoms with Crippen LogP contribution in [-0.4, -0.2) is 32.9 Å². The van der Waals surface area contributed by atoms with Gasteiger partial charge >= 0.3 is 6.18 Å². The fourth-order valence-corrected chi connectivity index (χ4v) is 5.44. The molecule has 4 rings (SSSR count). The Kier molecular flexibility index (Phi) is 6.73. The summed E-state index contributed by atoms with van der Waals surface area (Å²) in [5, 5.41) is 0. The second kappa shape index (κ2) is 9.36. The van der Waals surface area contributed by atoms with Crippen molar-refractivity contribution in [1.82, 2.24) is 18.6 Å². The first-order valence-electron chi connectivity index (χ1n) is 10.3. The first kappa shape index (κ1) is 23.0. The van der Waals surface area contributed by atoms with E-state index in [1.54, 1.807) is 25.8 Å². The molecule has 3 aromatic rings. The number of hydrogen-bond donors (Lipinski definition) is 1. The molecule has 0 radical (unpaired) electrons. The Morgan fingerprint density at radius 3 is 2.50 bits per heavy atom. The quantitative estimate of drug-likeness (QED) is 0.427. The minimum atomic E-state index is -4.57. The van der Waals surface area contributed by atoms with Crippen molar-refractivity contribution in [2.45, 2.75) is 48.7 Å². The predicted molar refractivity (Wildman–Crippen MR) is 122 cm³/mol. The maximum Gasteiger partial charge on any atom is 0.449 e. The molecule has 0 spiro atoms. The first-order valence-corrected chi connectivity index (χ1v) is 11.9. The van der Waals surface area contributed by atoms with Gasteiger partial charge in [0.25, 0.3) is 5.91 Å². The number of imidazole rings is 1. The number of carbonyl (C=O) groups excluding carboxylic acids is 1. The van der Waals surface area contributed by atoms with Gasteiger partial charge in [0, 0.05) is 34.5 Å². The molecule has 0 bridgehead atoms. The predicted octanol–water partition coefficient (Wildman–Crippen LogP) is 6.18. The van der Waals surface area contributed by atoms with Gasteiger partial charge in [-0.3, -0.25) is 9.52 Å². The van der Waals surface area contributed by atoms with E-state index in [1.165, 1.54) is 43.0 Å². The third-order valence-corrected chi connectivity index (χ3v) is 6.95. The van der Waals surface area contributed by atoms with Gasteiger partial charge in [-0.05, 0) is 87.0 Å². The number of carbonyl (C=O) groups is 1. The van der Waals surface area contributed by atoms with Crippen LogP contribution in [-0.2, 0) is 6.18 Å². The largest absolute Gasteiger partial charge is 0.449 e. The minimum absolute atomic E-state index is 0.146. The highest BCUT2D eigenvalue weighted by molar-refractivity contribution is 7.98. The van der Waals surface area contributed by atoms with Crippen molar-refractivity contribution < 1.29 is 18.0 Å². The number of rotatable bonds is 6. The van der Waals surface area contributed by atoms with Crippen LogP contribution < -0.4 is 4.72 Å². The summed E-state index contributed by atoms with van der Waals surface area (Å²) in [6.07, 6.45) is -2.15. The van der Waals surface area contributed by atoms with Crippen molar-refractivity contribution in [2.24, 2.45) is 0 Å². The van der Waals surface area contributed by atoms with Crippen molar-refractivity contribution in [3.8, 4) is 0 Å². The number of benzene rings is 2. The van der Waals surface area contributed by atoms with Crippen LogP contribution >= 0.6 is 23.9 Å². The van der Waals surface area contributed by atoms with E-state index >= 15 is 0 Å². The van der Waals surface area contributed by atoms with Gasteiger partial charge < -0.3 is 4.57 Å². The Morgan fingerprint density at radius 2 is 1.81 bits per heavy atom. The summed E-state index contributed by atoms with van der Waals surface area (Å²) in [6.45, 7) is 5.49. The highest BCUT2D eigenvalue weighted by Crippen LogP contribution is 2.34. The fourth-order valence-electron chi connectivity index (χ4n) is 3.65. The van der Waals surface area contributed by atoms with Gasteiger partial charge in [-0.2, -0.15) is 13.2 Å². The van der Waals surface area contributed by atoms with Gasteiger partial charge in [-0.15, -0.1) is 0 Å². The molecule has 0 unspecified atom stereocenters. The average Bonchev–Trinajstić information content (AvgIpc) is 3.39. The maximum atomic E-state index is 13.4. The van der Waals surface area contributed by atoms with E-state index in [0.717, 1.165) is 27.4 Å². The standard InChI is InChI=1S/C22H23F3N4OS2/c1-14(2)29-19-9-8-15(12-18(19)26-21(29)22(23,24)25)20(30)27-31-16-6-5-7-17(13-16)32-28-10-3-4-11-28/h5-9,12-14H,3-4,10-11H2,1-2H3,(H,27,30). The van der Waals surface area contributed by atoms with Crippen LogP contribution in [0.4, 0.5) is 13.2 Å².